The minimum absolute atomic E-state index is 0.378. The van der Waals surface area contributed by atoms with Crippen LogP contribution in [-0.4, -0.2) is 34.7 Å². The zero-order valence-corrected chi connectivity index (χ0v) is 13.3. The lowest BCUT2D eigenvalue weighted by Gasteiger charge is -2.48. The van der Waals surface area contributed by atoms with E-state index in [0.29, 0.717) is 12.0 Å². The third-order valence-electron chi connectivity index (χ3n) is 5.57. The number of hydrogen-bond acceptors (Lipinski definition) is 2. The number of fused-ring (bicyclic) bond motifs is 1. The summed E-state index contributed by atoms with van der Waals surface area (Å²) in [4.78, 5) is 2.64. The van der Waals surface area contributed by atoms with E-state index in [1.807, 2.05) is 0 Å². The first-order valence-electron chi connectivity index (χ1n) is 8.71. The molecule has 2 aliphatic heterocycles. The highest BCUT2D eigenvalue weighted by Gasteiger charge is 2.40. The maximum absolute atomic E-state index is 10.8. The smallest absolute Gasteiger partial charge is 0.0674 e. The quantitative estimate of drug-likeness (QED) is 0.906. The summed E-state index contributed by atoms with van der Waals surface area (Å²) in [6.45, 7) is 4.47. The summed E-state index contributed by atoms with van der Waals surface area (Å²) in [6.07, 6.45) is 7.82. The third kappa shape index (κ3) is 3.49. The first kappa shape index (κ1) is 15.1. The second-order valence-corrected chi connectivity index (χ2v) is 7.12. The van der Waals surface area contributed by atoms with Crippen LogP contribution in [0.3, 0.4) is 0 Å². The zero-order valence-electron chi connectivity index (χ0n) is 13.3. The molecule has 0 amide bonds. The van der Waals surface area contributed by atoms with Gasteiger partial charge in [-0.05, 0) is 43.6 Å². The Morgan fingerprint density at radius 2 is 2.05 bits per heavy atom. The largest absolute Gasteiger partial charge is 0.390 e. The molecule has 21 heavy (non-hydrogen) atoms. The summed E-state index contributed by atoms with van der Waals surface area (Å²) in [5, 5.41) is 10.8. The van der Waals surface area contributed by atoms with Gasteiger partial charge in [0, 0.05) is 19.1 Å². The molecule has 1 aromatic carbocycles. The highest BCUT2D eigenvalue weighted by Crippen LogP contribution is 2.39. The van der Waals surface area contributed by atoms with E-state index in [9.17, 15) is 5.11 Å². The Bertz CT molecular complexity index is 446. The molecule has 1 aromatic rings. The van der Waals surface area contributed by atoms with Crippen molar-refractivity contribution in [3.05, 3.63) is 35.9 Å². The summed E-state index contributed by atoms with van der Waals surface area (Å²) in [7, 11) is 0. The molecule has 1 N–H and O–H groups in total. The molecule has 3 unspecified atom stereocenters. The molecule has 2 fully saturated rings. The summed E-state index contributed by atoms with van der Waals surface area (Å²) >= 11 is 0. The minimum atomic E-state index is -0.378. The van der Waals surface area contributed by atoms with Gasteiger partial charge in [-0.1, -0.05) is 50.1 Å². The second-order valence-electron chi connectivity index (χ2n) is 7.12. The van der Waals surface area contributed by atoms with Crippen LogP contribution in [0.1, 0.15) is 63.4 Å². The van der Waals surface area contributed by atoms with E-state index >= 15 is 0 Å². The topological polar surface area (TPSA) is 23.5 Å². The van der Waals surface area contributed by atoms with Crippen molar-refractivity contribution in [2.45, 2.75) is 69.4 Å². The lowest BCUT2D eigenvalue weighted by atomic mass is 9.77. The monoisotopic (exact) mass is 287 g/mol. The van der Waals surface area contributed by atoms with Gasteiger partial charge in [0.2, 0.25) is 0 Å². The van der Waals surface area contributed by atoms with E-state index in [-0.39, 0.29) is 5.60 Å². The van der Waals surface area contributed by atoms with E-state index in [1.165, 1.54) is 31.4 Å². The average Bonchev–Trinajstić information content (AvgIpc) is 2.53. The van der Waals surface area contributed by atoms with Gasteiger partial charge in [0.1, 0.15) is 0 Å². The van der Waals surface area contributed by atoms with Crippen LogP contribution in [0.15, 0.2) is 30.3 Å². The molecule has 0 bridgehead atoms. The molecule has 0 radical (unpaired) electrons. The van der Waals surface area contributed by atoms with Crippen LogP contribution in [0.4, 0.5) is 0 Å². The van der Waals surface area contributed by atoms with Crippen LogP contribution in [0.5, 0.6) is 0 Å². The molecule has 0 spiro atoms. The zero-order chi connectivity index (χ0) is 14.7. The van der Waals surface area contributed by atoms with E-state index in [0.717, 1.165) is 32.2 Å². The standard InChI is InChI=1S/C19H29NO/c1-2-3-11-19(21)12-13-20-15-17(9-10-18(20)14-19)16-7-5-4-6-8-16/h4-8,17-18,21H,2-3,9-15H2,1H3. The molecule has 0 aromatic heterocycles. The molecule has 3 rings (SSSR count). The van der Waals surface area contributed by atoms with Crippen LogP contribution in [0, 0.1) is 0 Å². The Balaban J connectivity index is 1.60. The van der Waals surface area contributed by atoms with Gasteiger partial charge in [0.15, 0.2) is 0 Å². The van der Waals surface area contributed by atoms with Crippen LogP contribution in [0.25, 0.3) is 0 Å². The number of unbranched alkanes of at least 4 members (excludes halogenated alkanes) is 1. The number of nitrogens with zero attached hydrogens (tertiary/aromatic N) is 1. The highest BCUT2D eigenvalue weighted by atomic mass is 16.3. The van der Waals surface area contributed by atoms with Gasteiger partial charge in [-0.3, -0.25) is 4.90 Å². The van der Waals surface area contributed by atoms with Gasteiger partial charge < -0.3 is 5.11 Å². The summed E-state index contributed by atoms with van der Waals surface area (Å²) in [6, 6.07) is 11.6. The van der Waals surface area contributed by atoms with Crippen molar-refractivity contribution in [1.29, 1.82) is 0 Å². The van der Waals surface area contributed by atoms with Crippen molar-refractivity contribution in [2.75, 3.05) is 13.1 Å². The number of benzene rings is 1. The molecule has 3 atom stereocenters. The summed E-state index contributed by atoms with van der Waals surface area (Å²) in [5.74, 6) is 0.685. The van der Waals surface area contributed by atoms with Crippen molar-refractivity contribution in [2.24, 2.45) is 0 Å². The molecule has 2 nitrogen and oxygen atoms in total. The maximum atomic E-state index is 10.8. The third-order valence-corrected chi connectivity index (χ3v) is 5.57. The Hall–Kier alpha value is -0.860. The van der Waals surface area contributed by atoms with Gasteiger partial charge in [0.25, 0.3) is 0 Å². The molecule has 0 saturated carbocycles. The molecule has 2 saturated heterocycles. The molecule has 116 valence electrons. The lowest BCUT2D eigenvalue weighted by Crippen LogP contribution is -2.53. The molecular formula is C19H29NO. The molecule has 2 aliphatic rings. The number of hydrogen-bond donors (Lipinski definition) is 1. The Labute approximate surface area is 129 Å². The van der Waals surface area contributed by atoms with Gasteiger partial charge >= 0.3 is 0 Å². The molecule has 2 heterocycles. The predicted octanol–water partition coefficient (Wildman–Crippen LogP) is 3.95. The van der Waals surface area contributed by atoms with Crippen LogP contribution in [0.2, 0.25) is 0 Å². The second kappa shape index (κ2) is 6.50. The Morgan fingerprint density at radius 3 is 2.81 bits per heavy atom. The normalized spacial score (nSPS) is 33.6. The SMILES string of the molecule is CCCCC1(O)CCN2CC(c3ccccc3)CCC2C1. The van der Waals surface area contributed by atoms with E-state index in [4.69, 9.17) is 0 Å². The fraction of sp³-hybridized carbons (Fsp3) is 0.684. The van der Waals surface area contributed by atoms with Gasteiger partial charge in [0.05, 0.1) is 5.60 Å². The Morgan fingerprint density at radius 1 is 1.24 bits per heavy atom. The fourth-order valence-corrected chi connectivity index (χ4v) is 4.23. The number of aliphatic hydroxyl groups is 1. The molecular weight excluding hydrogens is 258 g/mol. The summed E-state index contributed by atoms with van der Waals surface area (Å²) in [5.41, 5.74) is 1.11. The van der Waals surface area contributed by atoms with E-state index in [1.54, 1.807) is 0 Å². The lowest BCUT2D eigenvalue weighted by molar-refractivity contribution is -0.0650. The first-order chi connectivity index (χ1) is 10.2. The van der Waals surface area contributed by atoms with Crippen LogP contribution < -0.4 is 0 Å². The Kier molecular flexibility index (Phi) is 4.66. The van der Waals surface area contributed by atoms with Crippen molar-refractivity contribution in [1.82, 2.24) is 4.90 Å². The summed E-state index contributed by atoms with van der Waals surface area (Å²) < 4.78 is 0. The van der Waals surface area contributed by atoms with Crippen LogP contribution in [-0.2, 0) is 0 Å². The maximum Gasteiger partial charge on any atom is 0.0674 e. The predicted molar refractivity (Wildman–Crippen MR) is 87.5 cm³/mol. The highest BCUT2D eigenvalue weighted by molar-refractivity contribution is 5.21. The van der Waals surface area contributed by atoms with Crippen molar-refractivity contribution >= 4 is 0 Å². The van der Waals surface area contributed by atoms with Crippen molar-refractivity contribution in [3.63, 3.8) is 0 Å². The first-order valence-corrected chi connectivity index (χ1v) is 8.71. The van der Waals surface area contributed by atoms with Gasteiger partial charge in [-0.15, -0.1) is 0 Å². The minimum Gasteiger partial charge on any atom is -0.390 e. The average molecular weight is 287 g/mol. The van der Waals surface area contributed by atoms with Crippen molar-refractivity contribution < 1.29 is 5.11 Å². The van der Waals surface area contributed by atoms with Gasteiger partial charge in [-0.2, -0.15) is 0 Å². The molecule has 2 heteroatoms. The fourth-order valence-electron chi connectivity index (χ4n) is 4.23. The van der Waals surface area contributed by atoms with E-state index in [2.05, 4.69) is 42.2 Å². The van der Waals surface area contributed by atoms with Crippen LogP contribution >= 0.6 is 0 Å². The van der Waals surface area contributed by atoms with Gasteiger partial charge in [-0.25, -0.2) is 0 Å². The van der Waals surface area contributed by atoms with E-state index < -0.39 is 0 Å². The van der Waals surface area contributed by atoms with Crippen molar-refractivity contribution in [3.8, 4) is 0 Å². The number of rotatable bonds is 4. The number of piperidine rings is 2. The molecule has 0 aliphatic carbocycles.